The van der Waals surface area contributed by atoms with Gasteiger partial charge in [-0.2, -0.15) is 0 Å². The van der Waals surface area contributed by atoms with Crippen LogP contribution in [0, 0.1) is 0 Å². The van der Waals surface area contributed by atoms with Crippen molar-refractivity contribution >= 4 is 16.0 Å². The summed E-state index contributed by atoms with van der Waals surface area (Å²) in [6, 6.07) is 7.51. The van der Waals surface area contributed by atoms with Gasteiger partial charge in [-0.15, -0.1) is 0 Å². The average molecular weight is 425 g/mol. The van der Waals surface area contributed by atoms with Crippen LogP contribution >= 0.6 is 0 Å². The molecule has 1 saturated carbocycles. The van der Waals surface area contributed by atoms with Crippen LogP contribution < -0.4 is 15.4 Å². The Morgan fingerprint density at radius 1 is 1.07 bits per heavy atom. The van der Waals surface area contributed by atoms with Crippen molar-refractivity contribution in [3.05, 3.63) is 35.4 Å². The largest absolute Gasteiger partial charge is 0.376 e. The van der Waals surface area contributed by atoms with Gasteiger partial charge in [0.25, 0.3) is 0 Å². The number of rotatable bonds is 10. The molecule has 0 aromatic heterocycles. The molecular weight excluding hydrogens is 388 g/mol. The van der Waals surface area contributed by atoms with E-state index in [1.54, 1.807) is 0 Å². The standard InChI is InChI=1S/C21H36N4O3S/c1-3-23-21(24-14-15-28-20-8-6-4-5-7-9-20)25-16-18-10-12-19(13-11-18)17-29(26,27)22-2/h10-13,20,22H,3-9,14-17H2,1-2H3,(H2,23,24,25). The van der Waals surface area contributed by atoms with Crippen LogP contribution in [0.25, 0.3) is 0 Å². The molecule has 0 bridgehead atoms. The lowest BCUT2D eigenvalue weighted by atomic mass is 10.1. The first-order valence-electron chi connectivity index (χ1n) is 10.6. The van der Waals surface area contributed by atoms with Gasteiger partial charge in [0.2, 0.25) is 10.0 Å². The molecule has 29 heavy (non-hydrogen) atoms. The number of sulfonamides is 1. The molecule has 1 aliphatic carbocycles. The minimum absolute atomic E-state index is 0.0156. The van der Waals surface area contributed by atoms with E-state index in [0.29, 0.717) is 19.3 Å². The van der Waals surface area contributed by atoms with Gasteiger partial charge in [0, 0.05) is 13.1 Å². The fraction of sp³-hybridized carbons (Fsp3) is 0.667. The lowest BCUT2D eigenvalue weighted by Gasteiger charge is -2.16. The quantitative estimate of drug-likeness (QED) is 0.232. The Bertz CT molecular complexity index is 712. The van der Waals surface area contributed by atoms with Crippen molar-refractivity contribution in [1.82, 2.24) is 15.4 Å². The summed E-state index contributed by atoms with van der Waals surface area (Å²) in [7, 11) is -1.83. The summed E-state index contributed by atoms with van der Waals surface area (Å²) in [4.78, 5) is 4.61. The van der Waals surface area contributed by atoms with Crippen LogP contribution in [0.5, 0.6) is 0 Å². The van der Waals surface area contributed by atoms with E-state index in [0.717, 1.165) is 30.2 Å². The van der Waals surface area contributed by atoms with Gasteiger partial charge in [0.15, 0.2) is 5.96 Å². The van der Waals surface area contributed by atoms with Crippen molar-refractivity contribution in [2.75, 3.05) is 26.7 Å². The molecule has 1 aromatic carbocycles. The molecule has 0 heterocycles. The molecule has 3 N–H and O–H groups in total. The zero-order valence-electron chi connectivity index (χ0n) is 17.7. The van der Waals surface area contributed by atoms with Crippen molar-refractivity contribution in [3.8, 4) is 0 Å². The molecule has 0 spiro atoms. The Labute approximate surface area is 175 Å². The monoisotopic (exact) mass is 424 g/mol. The van der Waals surface area contributed by atoms with Crippen LogP contribution in [-0.2, 0) is 27.1 Å². The first-order valence-corrected chi connectivity index (χ1v) is 12.3. The second-order valence-corrected chi connectivity index (χ2v) is 9.31. The van der Waals surface area contributed by atoms with E-state index in [4.69, 9.17) is 4.74 Å². The summed E-state index contributed by atoms with van der Waals surface area (Å²) >= 11 is 0. The molecule has 1 aromatic rings. The highest BCUT2D eigenvalue weighted by Crippen LogP contribution is 2.19. The molecular formula is C21H36N4O3S. The predicted octanol–water partition coefficient (Wildman–Crippen LogP) is 2.53. The van der Waals surface area contributed by atoms with E-state index in [-0.39, 0.29) is 5.75 Å². The summed E-state index contributed by atoms with van der Waals surface area (Å²) in [6.07, 6.45) is 8.00. The van der Waals surface area contributed by atoms with E-state index >= 15 is 0 Å². The lowest BCUT2D eigenvalue weighted by molar-refractivity contribution is 0.0468. The highest BCUT2D eigenvalue weighted by molar-refractivity contribution is 7.88. The molecule has 1 fully saturated rings. The van der Waals surface area contributed by atoms with Crippen LogP contribution in [0.1, 0.15) is 56.6 Å². The summed E-state index contributed by atoms with van der Waals surface area (Å²) in [5.74, 6) is 0.747. The Hall–Kier alpha value is -1.64. The van der Waals surface area contributed by atoms with E-state index in [1.807, 2.05) is 31.2 Å². The third kappa shape index (κ3) is 9.60. The Kier molecular flexibility index (Phi) is 10.5. The maximum atomic E-state index is 11.6. The highest BCUT2D eigenvalue weighted by Gasteiger charge is 2.12. The van der Waals surface area contributed by atoms with E-state index < -0.39 is 10.0 Å². The molecule has 8 heteroatoms. The zero-order chi connectivity index (χ0) is 21.0. The van der Waals surface area contributed by atoms with Crippen LogP contribution in [0.2, 0.25) is 0 Å². The molecule has 0 aliphatic heterocycles. The highest BCUT2D eigenvalue weighted by atomic mass is 32.2. The second kappa shape index (κ2) is 12.8. The van der Waals surface area contributed by atoms with Gasteiger partial charge >= 0.3 is 0 Å². The summed E-state index contributed by atoms with van der Waals surface area (Å²) in [6.45, 7) is 4.76. The van der Waals surface area contributed by atoms with E-state index in [2.05, 4.69) is 20.3 Å². The maximum absolute atomic E-state index is 11.6. The van der Waals surface area contributed by atoms with Crippen molar-refractivity contribution < 1.29 is 13.2 Å². The number of hydrogen-bond acceptors (Lipinski definition) is 4. The topological polar surface area (TPSA) is 91.8 Å². The van der Waals surface area contributed by atoms with Gasteiger partial charge in [-0.25, -0.2) is 18.1 Å². The summed E-state index contributed by atoms with van der Waals surface area (Å²) in [5.41, 5.74) is 1.79. The summed E-state index contributed by atoms with van der Waals surface area (Å²) < 4.78 is 31.6. The number of benzene rings is 1. The minimum atomic E-state index is -3.25. The van der Waals surface area contributed by atoms with Crippen molar-refractivity contribution in [2.24, 2.45) is 4.99 Å². The van der Waals surface area contributed by atoms with Crippen molar-refractivity contribution in [3.63, 3.8) is 0 Å². The number of nitrogens with zero attached hydrogens (tertiary/aromatic N) is 1. The van der Waals surface area contributed by atoms with Crippen LogP contribution in [-0.4, -0.2) is 47.2 Å². The Morgan fingerprint density at radius 3 is 2.34 bits per heavy atom. The molecule has 0 radical (unpaired) electrons. The third-order valence-electron chi connectivity index (χ3n) is 5.00. The number of aliphatic imine (C=N–C) groups is 1. The number of ether oxygens (including phenoxy) is 1. The van der Waals surface area contributed by atoms with Gasteiger partial charge < -0.3 is 15.4 Å². The van der Waals surface area contributed by atoms with Crippen LogP contribution in [0.15, 0.2) is 29.3 Å². The molecule has 0 unspecified atom stereocenters. The molecule has 0 amide bonds. The molecule has 0 saturated heterocycles. The average Bonchev–Trinajstić information content (AvgIpc) is 2.99. The van der Waals surface area contributed by atoms with Crippen LogP contribution in [0.3, 0.4) is 0 Å². The minimum Gasteiger partial charge on any atom is -0.376 e. The van der Waals surface area contributed by atoms with Gasteiger partial charge in [-0.05, 0) is 37.9 Å². The Morgan fingerprint density at radius 2 is 1.72 bits per heavy atom. The second-order valence-electron chi connectivity index (χ2n) is 7.39. The zero-order valence-corrected chi connectivity index (χ0v) is 18.6. The van der Waals surface area contributed by atoms with Gasteiger partial charge in [0.05, 0.1) is 25.0 Å². The van der Waals surface area contributed by atoms with Crippen LogP contribution in [0.4, 0.5) is 0 Å². The SMILES string of the molecule is CCNC(=NCc1ccc(CS(=O)(=O)NC)cc1)NCCOC1CCCCCC1. The number of guanidine groups is 1. The first-order chi connectivity index (χ1) is 14.0. The number of hydrogen-bond donors (Lipinski definition) is 3. The first kappa shape index (κ1) is 23.6. The fourth-order valence-corrected chi connectivity index (χ4v) is 4.12. The summed E-state index contributed by atoms with van der Waals surface area (Å²) in [5, 5.41) is 6.57. The molecule has 1 aliphatic rings. The molecule has 7 nitrogen and oxygen atoms in total. The fourth-order valence-electron chi connectivity index (χ4n) is 3.35. The number of nitrogens with one attached hydrogen (secondary N) is 3. The van der Waals surface area contributed by atoms with Gasteiger partial charge in [-0.1, -0.05) is 49.9 Å². The van der Waals surface area contributed by atoms with Crippen molar-refractivity contribution in [1.29, 1.82) is 0 Å². The normalized spacial score (nSPS) is 16.4. The van der Waals surface area contributed by atoms with E-state index in [1.165, 1.54) is 45.6 Å². The van der Waals surface area contributed by atoms with E-state index in [9.17, 15) is 8.42 Å². The van der Waals surface area contributed by atoms with Gasteiger partial charge in [-0.3, -0.25) is 0 Å². The predicted molar refractivity (Wildman–Crippen MR) is 118 cm³/mol. The maximum Gasteiger partial charge on any atom is 0.215 e. The van der Waals surface area contributed by atoms with Crippen molar-refractivity contribution in [2.45, 2.75) is 63.9 Å². The molecule has 164 valence electrons. The molecule has 0 atom stereocenters. The van der Waals surface area contributed by atoms with Gasteiger partial charge in [0.1, 0.15) is 0 Å². The molecule has 2 rings (SSSR count). The Balaban J connectivity index is 1.78. The third-order valence-corrected chi connectivity index (χ3v) is 6.34. The smallest absolute Gasteiger partial charge is 0.215 e. The lowest BCUT2D eigenvalue weighted by Crippen LogP contribution is -2.39.